The van der Waals surface area contributed by atoms with Gasteiger partial charge in [0.2, 0.25) is 0 Å². The van der Waals surface area contributed by atoms with Crippen molar-refractivity contribution in [2.24, 2.45) is 0 Å². The Labute approximate surface area is 69.6 Å². The molecule has 1 nitrogen and oxygen atoms in total. The highest BCUT2D eigenvalue weighted by Crippen LogP contribution is 2.19. The van der Waals surface area contributed by atoms with Crippen LogP contribution in [0.4, 0.5) is 0 Å². The maximum atomic E-state index is 2.31. The van der Waals surface area contributed by atoms with Crippen molar-refractivity contribution in [2.45, 2.75) is 26.3 Å². The largest absolute Gasteiger partial charge is 0.294 e. The van der Waals surface area contributed by atoms with Crippen molar-refractivity contribution in [2.75, 3.05) is 13.6 Å². The predicted octanol–water partition coefficient (Wildman–Crippen LogP) is 2.32. The second-order valence-electron chi connectivity index (χ2n) is 3.37. The number of quaternary nitrogens is 1. The highest BCUT2D eigenvalue weighted by Gasteiger charge is 2.26. The summed E-state index contributed by atoms with van der Waals surface area (Å²) < 4.78 is 1.06. The van der Waals surface area contributed by atoms with Gasteiger partial charge in [0.05, 0.1) is 19.8 Å². The van der Waals surface area contributed by atoms with Gasteiger partial charge in [0.1, 0.15) is 6.04 Å². The second-order valence-corrected chi connectivity index (χ2v) is 3.37. The van der Waals surface area contributed by atoms with Gasteiger partial charge in [-0.3, -0.25) is 4.48 Å². The molecule has 0 fully saturated rings. The van der Waals surface area contributed by atoms with Crippen molar-refractivity contribution in [1.82, 2.24) is 0 Å². The van der Waals surface area contributed by atoms with Crippen LogP contribution in [-0.4, -0.2) is 24.1 Å². The van der Waals surface area contributed by atoms with Crippen LogP contribution in [0.5, 0.6) is 0 Å². The smallest absolute Gasteiger partial charge is 0.112 e. The Hall–Kier alpha value is -0.560. The fourth-order valence-electron chi connectivity index (χ4n) is 1.64. The van der Waals surface area contributed by atoms with Crippen LogP contribution >= 0.6 is 0 Å². The average Bonchev–Trinajstić information content (AvgIpc) is 2.05. The van der Waals surface area contributed by atoms with Crippen LogP contribution in [0.25, 0.3) is 0 Å². The third kappa shape index (κ3) is 1.54. The van der Waals surface area contributed by atoms with Crippen LogP contribution in [-0.2, 0) is 0 Å². The lowest BCUT2D eigenvalue weighted by Gasteiger charge is -2.36. The summed E-state index contributed by atoms with van der Waals surface area (Å²) in [6, 6.07) is 0.685. The molecule has 0 saturated heterocycles. The molecule has 1 heterocycles. The molecule has 0 N–H and O–H groups in total. The summed E-state index contributed by atoms with van der Waals surface area (Å²) >= 11 is 0. The first-order valence-electron chi connectivity index (χ1n) is 4.44. The van der Waals surface area contributed by atoms with Crippen molar-refractivity contribution in [1.29, 1.82) is 0 Å². The van der Waals surface area contributed by atoms with E-state index in [0.29, 0.717) is 6.04 Å². The molecule has 2 atom stereocenters. The summed E-state index contributed by atoms with van der Waals surface area (Å²) in [6.45, 7) is 5.67. The number of nitrogens with zero attached hydrogens (tertiary/aromatic N) is 1. The minimum atomic E-state index is 0.685. The topological polar surface area (TPSA) is 0 Å². The Kier molecular flexibility index (Phi) is 2.50. The molecule has 0 radical (unpaired) electrons. The molecule has 1 aliphatic rings. The Morgan fingerprint density at radius 2 is 2.00 bits per heavy atom. The molecule has 11 heavy (non-hydrogen) atoms. The van der Waals surface area contributed by atoms with Crippen molar-refractivity contribution in [3.63, 3.8) is 0 Å². The molecular formula is C10H18N+. The Balaban J connectivity index is 2.77. The van der Waals surface area contributed by atoms with Gasteiger partial charge in [-0.05, 0) is 19.1 Å². The van der Waals surface area contributed by atoms with E-state index in [9.17, 15) is 0 Å². The van der Waals surface area contributed by atoms with E-state index in [0.717, 1.165) is 4.48 Å². The molecule has 0 aromatic heterocycles. The van der Waals surface area contributed by atoms with Gasteiger partial charge in [-0.15, -0.1) is 0 Å². The average molecular weight is 152 g/mol. The maximum Gasteiger partial charge on any atom is 0.112 e. The molecule has 2 unspecified atom stereocenters. The van der Waals surface area contributed by atoms with Crippen LogP contribution in [0.2, 0.25) is 0 Å². The number of hydrogen-bond acceptors (Lipinski definition) is 0. The van der Waals surface area contributed by atoms with E-state index in [4.69, 9.17) is 0 Å². The zero-order valence-electron chi connectivity index (χ0n) is 7.75. The van der Waals surface area contributed by atoms with Gasteiger partial charge >= 0.3 is 0 Å². The van der Waals surface area contributed by atoms with Gasteiger partial charge in [-0.2, -0.15) is 0 Å². The van der Waals surface area contributed by atoms with Crippen LogP contribution in [0.3, 0.4) is 0 Å². The van der Waals surface area contributed by atoms with E-state index in [2.05, 4.69) is 45.3 Å². The summed E-state index contributed by atoms with van der Waals surface area (Å²) in [7, 11) is 2.29. The summed E-state index contributed by atoms with van der Waals surface area (Å²) in [6.07, 6.45) is 10.1. The van der Waals surface area contributed by atoms with Gasteiger partial charge in [0.15, 0.2) is 0 Å². The zero-order valence-corrected chi connectivity index (χ0v) is 7.75. The molecule has 0 amide bonds. The Morgan fingerprint density at radius 1 is 1.27 bits per heavy atom. The molecule has 1 heteroatoms. The molecule has 0 saturated carbocycles. The minimum Gasteiger partial charge on any atom is -0.294 e. The fraction of sp³-hybridized carbons (Fsp3) is 0.600. The molecule has 0 bridgehead atoms. The lowest BCUT2D eigenvalue weighted by atomic mass is 10.1. The minimum absolute atomic E-state index is 0.685. The lowest BCUT2D eigenvalue weighted by Crippen LogP contribution is -2.47. The highest BCUT2D eigenvalue weighted by molar-refractivity contribution is 5.07. The fourth-order valence-corrected chi connectivity index (χ4v) is 1.64. The van der Waals surface area contributed by atoms with Gasteiger partial charge < -0.3 is 0 Å². The Morgan fingerprint density at radius 3 is 2.45 bits per heavy atom. The van der Waals surface area contributed by atoms with Gasteiger partial charge in [-0.1, -0.05) is 13.0 Å². The van der Waals surface area contributed by atoms with Gasteiger partial charge in [-0.25, -0.2) is 0 Å². The molecule has 1 rings (SSSR count). The summed E-state index contributed by atoms with van der Waals surface area (Å²) in [4.78, 5) is 0. The molecular weight excluding hydrogens is 134 g/mol. The SMILES string of the molecule is CCC1C=CC=C[N+]1(C)CC. The zero-order chi connectivity index (χ0) is 8.32. The van der Waals surface area contributed by atoms with Gasteiger partial charge in [0, 0.05) is 6.42 Å². The number of allylic oxidation sites excluding steroid dienone is 2. The quantitative estimate of drug-likeness (QED) is 0.533. The van der Waals surface area contributed by atoms with E-state index < -0.39 is 0 Å². The van der Waals surface area contributed by atoms with Crippen molar-refractivity contribution >= 4 is 0 Å². The molecule has 0 aromatic carbocycles. The van der Waals surface area contributed by atoms with Crippen LogP contribution in [0, 0.1) is 0 Å². The molecule has 0 aromatic rings. The maximum absolute atomic E-state index is 2.31. The molecule has 0 aliphatic carbocycles. The highest BCUT2D eigenvalue weighted by atomic mass is 15.3. The monoisotopic (exact) mass is 152 g/mol. The molecule has 0 spiro atoms. The third-order valence-electron chi connectivity index (χ3n) is 2.73. The van der Waals surface area contributed by atoms with Crippen LogP contribution in [0.1, 0.15) is 20.3 Å². The van der Waals surface area contributed by atoms with E-state index >= 15 is 0 Å². The second kappa shape index (κ2) is 3.22. The lowest BCUT2D eigenvalue weighted by molar-refractivity contribution is -0.877. The first-order chi connectivity index (χ1) is 5.23. The first kappa shape index (κ1) is 8.54. The van der Waals surface area contributed by atoms with E-state index in [1.807, 2.05) is 0 Å². The first-order valence-corrected chi connectivity index (χ1v) is 4.44. The predicted molar refractivity (Wildman–Crippen MR) is 49.1 cm³/mol. The molecule has 62 valence electrons. The normalized spacial score (nSPS) is 36.1. The molecule has 1 aliphatic heterocycles. The van der Waals surface area contributed by atoms with Crippen molar-refractivity contribution < 1.29 is 4.48 Å². The van der Waals surface area contributed by atoms with E-state index in [-0.39, 0.29) is 0 Å². The Bertz CT molecular complexity index is 181. The number of likely N-dealkylation sites (N-methyl/N-ethyl adjacent to an activating group) is 1. The van der Waals surface area contributed by atoms with Crippen LogP contribution in [0.15, 0.2) is 24.4 Å². The van der Waals surface area contributed by atoms with Gasteiger partial charge in [0.25, 0.3) is 0 Å². The third-order valence-corrected chi connectivity index (χ3v) is 2.73. The number of rotatable bonds is 2. The standard InChI is InChI=1S/C10H18N/c1-4-10-8-6-7-9-11(10,3)5-2/h6-10H,4-5H2,1-3H3/q+1. The van der Waals surface area contributed by atoms with E-state index in [1.165, 1.54) is 13.0 Å². The van der Waals surface area contributed by atoms with Crippen LogP contribution < -0.4 is 0 Å². The summed E-state index contributed by atoms with van der Waals surface area (Å²) in [5, 5.41) is 0. The van der Waals surface area contributed by atoms with Crippen molar-refractivity contribution in [3.05, 3.63) is 24.4 Å². The number of hydrogen-bond donors (Lipinski definition) is 0. The summed E-state index contributed by atoms with van der Waals surface area (Å²) in [5.41, 5.74) is 0. The van der Waals surface area contributed by atoms with E-state index in [1.54, 1.807) is 0 Å². The van der Waals surface area contributed by atoms with Crippen molar-refractivity contribution in [3.8, 4) is 0 Å². The summed E-state index contributed by atoms with van der Waals surface area (Å²) in [5.74, 6) is 0.